The monoisotopic (exact) mass is 180 g/mol. The van der Waals surface area contributed by atoms with Gasteiger partial charge in [-0.15, -0.1) is 0 Å². The van der Waals surface area contributed by atoms with Crippen LogP contribution in [0.1, 0.15) is 47.0 Å². The first-order chi connectivity index (χ1) is 5.97. The van der Waals surface area contributed by atoms with Crippen molar-refractivity contribution in [3.63, 3.8) is 0 Å². The van der Waals surface area contributed by atoms with Gasteiger partial charge in [-0.3, -0.25) is 5.32 Å². The summed E-state index contributed by atoms with van der Waals surface area (Å²) in [5.41, 5.74) is -0.117. The summed E-state index contributed by atoms with van der Waals surface area (Å²) >= 11 is 0. The van der Waals surface area contributed by atoms with Crippen LogP contribution >= 0.6 is 0 Å². The van der Waals surface area contributed by atoms with Gasteiger partial charge in [0.2, 0.25) is 0 Å². The van der Waals surface area contributed by atoms with Gasteiger partial charge in [0.1, 0.15) is 5.54 Å². The summed E-state index contributed by atoms with van der Waals surface area (Å²) < 4.78 is 0. The smallest absolute Gasteiger partial charge is 0.112 e. The zero-order valence-electron chi connectivity index (χ0n) is 9.15. The molecule has 0 saturated heterocycles. The zero-order chi connectivity index (χ0) is 10.1. The molecule has 1 saturated carbocycles. The first kappa shape index (κ1) is 10.5. The Balaban J connectivity index is 2.69. The zero-order valence-corrected chi connectivity index (χ0v) is 9.15. The molecule has 1 aliphatic carbocycles. The van der Waals surface area contributed by atoms with Crippen LogP contribution in [0.5, 0.6) is 0 Å². The normalized spacial score (nSPS) is 33.2. The van der Waals surface area contributed by atoms with E-state index in [9.17, 15) is 5.26 Å². The number of hydrogen-bond acceptors (Lipinski definition) is 2. The molecule has 2 atom stereocenters. The van der Waals surface area contributed by atoms with Gasteiger partial charge in [0, 0.05) is 6.04 Å². The van der Waals surface area contributed by atoms with Gasteiger partial charge in [0.15, 0.2) is 0 Å². The van der Waals surface area contributed by atoms with Crippen LogP contribution in [-0.2, 0) is 0 Å². The molecule has 1 N–H and O–H groups in total. The molecule has 0 aromatic carbocycles. The number of hydrogen-bond donors (Lipinski definition) is 1. The third-order valence-electron chi connectivity index (χ3n) is 3.58. The largest absolute Gasteiger partial charge is 0.296 e. The SMILES string of the molecule is CCC(C)NC1(C#N)CCC1(C)C. The van der Waals surface area contributed by atoms with Crippen molar-refractivity contribution < 1.29 is 0 Å². The van der Waals surface area contributed by atoms with E-state index in [1.54, 1.807) is 0 Å². The number of nitrogens with zero attached hydrogens (tertiary/aromatic N) is 1. The van der Waals surface area contributed by atoms with E-state index >= 15 is 0 Å². The lowest BCUT2D eigenvalue weighted by Gasteiger charge is -2.53. The van der Waals surface area contributed by atoms with Crippen molar-refractivity contribution in [3.05, 3.63) is 0 Å². The maximum absolute atomic E-state index is 9.20. The molecular weight excluding hydrogens is 160 g/mol. The second-order valence-electron chi connectivity index (χ2n) is 4.85. The summed E-state index contributed by atoms with van der Waals surface area (Å²) in [5, 5.41) is 12.7. The molecule has 0 spiro atoms. The van der Waals surface area contributed by atoms with Crippen LogP contribution in [0.3, 0.4) is 0 Å². The fourth-order valence-electron chi connectivity index (χ4n) is 1.90. The molecule has 0 aromatic rings. The molecule has 0 radical (unpaired) electrons. The number of nitriles is 1. The Bertz CT molecular complexity index is 227. The summed E-state index contributed by atoms with van der Waals surface area (Å²) in [7, 11) is 0. The number of rotatable bonds is 3. The van der Waals surface area contributed by atoms with Crippen LogP contribution in [0.15, 0.2) is 0 Å². The van der Waals surface area contributed by atoms with Gasteiger partial charge < -0.3 is 0 Å². The summed E-state index contributed by atoms with van der Waals surface area (Å²) in [6.45, 7) is 8.64. The van der Waals surface area contributed by atoms with Gasteiger partial charge in [0.05, 0.1) is 6.07 Å². The van der Waals surface area contributed by atoms with Crippen LogP contribution in [0.4, 0.5) is 0 Å². The maximum Gasteiger partial charge on any atom is 0.112 e. The van der Waals surface area contributed by atoms with Crippen molar-refractivity contribution in [2.24, 2.45) is 5.41 Å². The average molecular weight is 180 g/mol. The molecule has 2 heteroatoms. The van der Waals surface area contributed by atoms with Gasteiger partial charge in [-0.1, -0.05) is 20.8 Å². The molecule has 2 nitrogen and oxygen atoms in total. The third kappa shape index (κ3) is 1.58. The third-order valence-corrected chi connectivity index (χ3v) is 3.58. The highest BCUT2D eigenvalue weighted by Crippen LogP contribution is 2.49. The summed E-state index contributed by atoms with van der Waals surface area (Å²) in [6, 6.07) is 2.90. The Morgan fingerprint density at radius 2 is 2.08 bits per heavy atom. The lowest BCUT2D eigenvalue weighted by atomic mass is 9.57. The minimum atomic E-state index is -0.261. The van der Waals surface area contributed by atoms with E-state index in [2.05, 4.69) is 39.1 Å². The Morgan fingerprint density at radius 1 is 1.46 bits per heavy atom. The van der Waals surface area contributed by atoms with Gasteiger partial charge in [0.25, 0.3) is 0 Å². The van der Waals surface area contributed by atoms with Crippen LogP contribution in [0.25, 0.3) is 0 Å². The summed E-state index contributed by atoms with van der Waals surface area (Å²) in [5.74, 6) is 0. The minimum Gasteiger partial charge on any atom is -0.296 e. The highest BCUT2D eigenvalue weighted by atomic mass is 15.0. The molecule has 0 heterocycles. The van der Waals surface area contributed by atoms with Crippen molar-refractivity contribution in [3.8, 4) is 6.07 Å². The predicted octanol–water partition coefficient (Wildman–Crippen LogP) is 2.46. The average Bonchev–Trinajstić information content (AvgIpc) is 2.11. The van der Waals surface area contributed by atoms with Gasteiger partial charge in [-0.2, -0.15) is 5.26 Å². The minimum absolute atomic E-state index is 0.144. The van der Waals surface area contributed by atoms with E-state index in [4.69, 9.17) is 0 Å². The second kappa shape index (κ2) is 3.31. The molecule has 0 amide bonds. The second-order valence-corrected chi connectivity index (χ2v) is 4.85. The van der Waals surface area contributed by atoms with Crippen LogP contribution in [0.2, 0.25) is 0 Å². The first-order valence-electron chi connectivity index (χ1n) is 5.16. The van der Waals surface area contributed by atoms with Crippen LogP contribution < -0.4 is 5.32 Å². The maximum atomic E-state index is 9.20. The molecule has 13 heavy (non-hydrogen) atoms. The lowest BCUT2D eigenvalue weighted by molar-refractivity contribution is 0.0385. The molecule has 0 aromatic heterocycles. The Hall–Kier alpha value is -0.550. The van der Waals surface area contributed by atoms with E-state index in [1.165, 1.54) is 0 Å². The van der Waals surface area contributed by atoms with E-state index in [0.717, 1.165) is 19.3 Å². The van der Waals surface area contributed by atoms with E-state index in [-0.39, 0.29) is 11.0 Å². The topological polar surface area (TPSA) is 35.8 Å². The van der Waals surface area contributed by atoms with Gasteiger partial charge >= 0.3 is 0 Å². The van der Waals surface area contributed by atoms with Crippen LogP contribution in [-0.4, -0.2) is 11.6 Å². The Morgan fingerprint density at radius 3 is 2.31 bits per heavy atom. The van der Waals surface area contributed by atoms with Crippen molar-refractivity contribution in [1.82, 2.24) is 5.32 Å². The van der Waals surface area contributed by atoms with Crippen molar-refractivity contribution >= 4 is 0 Å². The predicted molar refractivity (Wildman–Crippen MR) is 54.2 cm³/mol. The molecular formula is C11H20N2. The summed E-state index contributed by atoms with van der Waals surface area (Å²) in [4.78, 5) is 0. The number of nitrogens with one attached hydrogen (secondary N) is 1. The molecule has 1 rings (SSSR count). The quantitative estimate of drug-likeness (QED) is 0.724. The first-order valence-corrected chi connectivity index (χ1v) is 5.16. The molecule has 0 aliphatic heterocycles. The van der Waals surface area contributed by atoms with Crippen molar-refractivity contribution in [1.29, 1.82) is 5.26 Å². The Labute approximate surface area is 81.3 Å². The molecule has 2 unspecified atom stereocenters. The van der Waals surface area contributed by atoms with E-state index < -0.39 is 0 Å². The standard InChI is InChI=1S/C11H20N2/c1-5-9(2)13-11(8-12)7-6-10(11,3)4/h9,13H,5-7H2,1-4H3. The highest BCUT2D eigenvalue weighted by Gasteiger charge is 2.53. The lowest BCUT2D eigenvalue weighted by Crippen LogP contribution is -2.64. The highest BCUT2D eigenvalue weighted by molar-refractivity contribution is 5.22. The van der Waals surface area contributed by atoms with E-state index in [1.807, 2.05) is 0 Å². The van der Waals surface area contributed by atoms with Crippen LogP contribution in [0, 0.1) is 16.7 Å². The van der Waals surface area contributed by atoms with Gasteiger partial charge in [-0.25, -0.2) is 0 Å². The molecule has 1 aliphatic rings. The molecule has 0 bridgehead atoms. The molecule has 1 fully saturated rings. The fraction of sp³-hybridized carbons (Fsp3) is 0.909. The summed E-state index contributed by atoms with van der Waals surface area (Å²) in [6.07, 6.45) is 3.24. The van der Waals surface area contributed by atoms with Crippen molar-refractivity contribution in [2.45, 2.75) is 58.5 Å². The van der Waals surface area contributed by atoms with E-state index in [0.29, 0.717) is 6.04 Å². The fourth-order valence-corrected chi connectivity index (χ4v) is 1.90. The van der Waals surface area contributed by atoms with Gasteiger partial charge in [-0.05, 0) is 31.6 Å². The molecule has 74 valence electrons. The van der Waals surface area contributed by atoms with Crippen molar-refractivity contribution in [2.75, 3.05) is 0 Å². The Kier molecular flexibility index (Phi) is 2.68.